The van der Waals surface area contributed by atoms with Gasteiger partial charge in [0.05, 0.1) is 11.5 Å². The normalized spacial score (nSPS) is 11.3. The van der Waals surface area contributed by atoms with Crippen molar-refractivity contribution in [2.45, 2.75) is 38.5 Å². The zero-order valence-corrected chi connectivity index (χ0v) is 14.5. The number of anilines is 1. The van der Waals surface area contributed by atoms with Crippen LogP contribution in [-0.4, -0.2) is 20.0 Å². The van der Waals surface area contributed by atoms with Crippen molar-refractivity contribution >= 4 is 15.8 Å². The van der Waals surface area contributed by atoms with Crippen molar-refractivity contribution in [2.75, 3.05) is 11.3 Å². The van der Waals surface area contributed by atoms with Crippen molar-refractivity contribution in [1.29, 1.82) is 0 Å². The number of ether oxygens (including phenoxy) is 1. The molecule has 0 bridgehead atoms. The number of nitrogens with one attached hydrogen (secondary N) is 1. The Hall–Kier alpha value is -2.08. The molecule has 0 aliphatic rings. The third kappa shape index (κ3) is 4.45. The number of hydrogen-bond donors (Lipinski definition) is 1. The van der Waals surface area contributed by atoms with E-state index in [4.69, 9.17) is 4.74 Å². The minimum Gasteiger partial charge on any atom is -0.493 e. The van der Waals surface area contributed by atoms with Crippen molar-refractivity contribution in [3.05, 3.63) is 47.7 Å². The summed E-state index contributed by atoms with van der Waals surface area (Å²) in [6, 6.07) is 8.43. The lowest BCUT2D eigenvalue weighted by atomic mass is 10.2. The minimum atomic E-state index is -3.67. The van der Waals surface area contributed by atoms with Gasteiger partial charge in [0.2, 0.25) is 0 Å². The van der Waals surface area contributed by atoms with Crippen molar-refractivity contribution in [1.82, 2.24) is 4.98 Å². The van der Waals surface area contributed by atoms with Gasteiger partial charge >= 0.3 is 0 Å². The van der Waals surface area contributed by atoms with E-state index in [1.165, 1.54) is 0 Å². The lowest BCUT2D eigenvalue weighted by Crippen LogP contribution is -2.15. The molecule has 1 aromatic carbocycles. The third-order valence-electron chi connectivity index (χ3n) is 3.45. The molecule has 0 saturated heterocycles. The molecule has 0 spiro atoms. The second kappa shape index (κ2) is 7.46. The van der Waals surface area contributed by atoms with Crippen molar-refractivity contribution in [3.8, 4) is 5.75 Å². The van der Waals surface area contributed by atoms with Crippen LogP contribution in [0.5, 0.6) is 5.75 Å². The molecule has 6 heteroatoms. The van der Waals surface area contributed by atoms with Crippen LogP contribution in [0.3, 0.4) is 0 Å². The van der Waals surface area contributed by atoms with Gasteiger partial charge in [-0.3, -0.25) is 4.72 Å². The molecule has 0 fully saturated rings. The van der Waals surface area contributed by atoms with Gasteiger partial charge in [-0.2, -0.15) is 0 Å². The van der Waals surface area contributed by atoms with Crippen LogP contribution in [0.1, 0.15) is 30.9 Å². The summed E-state index contributed by atoms with van der Waals surface area (Å²) < 4.78 is 33.1. The lowest BCUT2D eigenvalue weighted by Gasteiger charge is -2.12. The van der Waals surface area contributed by atoms with Crippen molar-refractivity contribution in [2.24, 2.45) is 0 Å². The summed E-state index contributed by atoms with van der Waals surface area (Å²) in [4.78, 5) is 4.26. The quantitative estimate of drug-likeness (QED) is 0.784. The average Bonchev–Trinajstić information content (AvgIpc) is 2.51. The van der Waals surface area contributed by atoms with Crippen LogP contribution in [0.2, 0.25) is 0 Å². The molecule has 0 atom stereocenters. The lowest BCUT2D eigenvalue weighted by molar-refractivity contribution is 0.307. The first-order valence-electron chi connectivity index (χ1n) is 7.62. The fraction of sp³-hybridized carbons (Fsp3) is 0.353. The Morgan fingerprint density at radius 2 is 1.96 bits per heavy atom. The van der Waals surface area contributed by atoms with Gasteiger partial charge in [0, 0.05) is 6.20 Å². The Kier molecular flexibility index (Phi) is 5.60. The molecule has 2 aromatic rings. The van der Waals surface area contributed by atoms with Gasteiger partial charge in [-0.1, -0.05) is 19.4 Å². The van der Waals surface area contributed by atoms with Gasteiger partial charge in [0.1, 0.15) is 11.6 Å². The first-order valence-corrected chi connectivity index (χ1v) is 9.10. The maximum absolute atomic E-state index is 12.5. The van der Waals surface area contributed by atoms with Gasteiger partial charge in [-0.25, -0.2) is 13.4 Å². The molecule has 5 nitrogen and oxygen atoms in total. The second-order valence-electron chi connectivity index (χ2n) is 5.40. The predicted octanol–water partition coefficient (Wildman–Crippen LogP) is 3.68. The molecule has 0 aliphatic carbocycles. The first-order chi connectivity index (χ1) is 10.9. The summed E-state index contributed by atoms with van der Waals surface area (Å²) in [5.74, 6) is 1.06. The highest BCUT2D eigenvalue weighted by Gasteiger charge is 2.17. The van der Waals surface area contributed by atoms with Gasteiger partial charge in [0.15, 0.2) is 0 Å². The van der Waals surface area contributed by atoms with Crippen molar-refractivity contribution < 1.29 is 13.2 Å². The highest BCUT2D eigenvalue weighted by Crippen LogP contribution is 2.24. The van der Waals surface area contributed by atoms with Crippen LogP contribution < -0.4 is 9.46 Å². The molecule has 1 heterocycles. The molecular formula is C17H22N2O3S. The Bertz CT molecular complexity index is 773. The molecule has 0 aliphatic heterocycles. The number of sulfonamides is 1. The zero-order valence-electron chi connectivity index (χ0n) is 13.7. The predicted molar refractivity (Wildman–Crippen MR) is 91.4 cm³/mol. The van der Waals surface area contributed by atoms with Crippen LogP contribution in [0.4, 0.5) is 5.82 Å². The number of aryl methyl sites for hydroxylation is 2. The average molecular weight is 334 g/mol. The van der Waals surface area contributed by atoms with E-state index in [1.807, 2.05) is 6.92 Å². The number of hydrogen-bond acceptors (Lipinski definition) is 4. The number of nitrogens with zero attached hydrogens (tertiary/aromatic N) is 1. The summed E-state index contributed by atoms with van der Waals surface area (Å²) in [5.41, 5.74) is 1.56. The summed E-state index contributed by atoms with van der Waals surface area (Å²) in [5, 5.41) is 0. The van der Waals surface area contributed by atoms with Gasteiger partial charge < -0.3 is 4.74 Å². The summed E-state index contributed by atoms with van der Waals surface area (Å²) in [7, 11) is -3.67. The Morgan fingerprint density at radius 3 is 2.61 bits per heavy atom. The van der Waals surface area contributed by atoms with Gasteiger partial charge in [-0.15, -0.1) is 0 Å². The Labute approximate surface area is 137 Å². The summed E-state index contributed by atoms with van der Waals surface area (Å²) in [6.45, 7) is 6.37. The highest BCUT2D eigenvalue weighted by atomic mass is 32.2. The van der Waals surface area contributed by atoms with E-state index in [-0.39, 0.29) is 4.90 Å². The monoisotopic (exact) mass is 334 g/mol. The maximum Gasteiger partial charge on any atom is 0.263 e. The molecule has 0 radical (unpaired) electrons. The first kappa shape index (κ1) is 17.3. The highest BCUT2D eigenvalue weighted by molar-refractivity contribution is 7.92. The zero-order chi connectivity index (χ0) is 16.9. The Morgan fingerprint density at radius 1 is 1.17 bits per heavy atom. The summed E-state index contributed by atoms with van der Waals surface area (Å²) >= 11 is 0. The summed E-state index contributed by atoms with van der Waals surface area (Å²) in [6.07, 6.45) is 3.58. The van der Waals surface area contributed by atoms with Crippen LogP contribution in [-0.2, 0) is 10.0 Å². The van der Waals surface area contributed by atoms with Crippen LogP contribution in [0.15, 0.2) is 41.4 Å². The molecular weight excluding hydrogens is 312 g/mol. The van der Waals surface area contributed by atoms with E-state index in [0.717, 1.165) is 24.0 Å². The molecule has 1 aromatic heterocycles. The number of rotatable bonds is 7. The molecule has 0 saturated carbocycles. The number of pyridine rings is 1. The van der Waals surface area contributed by atoms with E-state index in [0.29, 0.717) is 18.2 Å². The van der Waals surface area contributed by atoms with Gasteiger partial charge in [0.25, 0.3) is 10.0 Å². The number of aromatic nitrogens is 1. The van der Waals surface area contributed by atoms with Crippen LogP contribution in [0, 0.1) is 13.8 Å². The fourth-order valence-electron chi connectivity index (χ4n) is 2.06. The molecule has 0 amide bonds. The number of benzene rings is 1. The smallest absolute Gasteiger partial charge is 0.263 e. The molecule has 124 valence electrons. The standard InChI is InChI=1S/C17H22N2O3S/c1-4-5-11-22-16-9-8-15(12-14(16)3)23(20,21)19-17-13(2)7-6-10-18-17/h6-10,12H,4-5,11H2,1-3H3,(H,18,19). The van der Waals surface area contributed by atoms with E-state index in [9.17, 15) is 8.42 Å². The molecule has 0 unspecified atom stereocenters. The maximum atomic E-state index is 12.5. The van der Waals surface area contributed by atoms with Crippen LogP contribution in [0.25, 0.3) is 0 Å². The molecule has 1 N–H and O–H groups in total. The van der Waals surface area contributed by atoms with E-state index in [1.54, 1.807) is 43.5 Å². The largest absolute Gasteiger partial charge is 0.493 e. The van der Waals surface area contributed by atoms with Gasteiger partial charge in [-0.05, 0) is 55.7 Å². The van der Waals surface area contributed by atoms with E-state index in [2.05, 4.69) is 16.6 Å². The number of unbranched alkanes of at least 4 members (excludes halogenated alkanes) is 1. The second-order valence-corrected chi connectivity index (χ2v) is 7.09. The van der Waals surface area contributed by atoms with E-state index < -0.39 is 10.0 Å². The SMILES string of the molecule is CCCCOc1ccc(S(=O)(=O)Nc2ncccc2C)cc1C. The van der Waals surface area contributed by atoms with E-state index >= 15 is 0 Å². The van der Waals surface area contributed by atoms with Crippen molar-refractivity contribution in [3.63, 3.8) is 0 Å². The fourth-order valence-corrected chi connectivity index (χ4v) is 3.22. The van der Waals surface area contributed by atoms with Crippen LogP contribution >= 0.6 is 0 Å². The minimum absolute atomic E-state index is 0.197. The topological polar surface area (TPSA) is 68.3 Å². The third-order valence-corrected chi connectivity index (χ3v) is 4.79. The Balaban J connectivity index is 2.20. The molecule has 2 rings (SSSR count). The molecule has 23 heavy (non-hydrogen) atoms.